The molecule has 0 fully saturated rings. The van der Waals surface area contributed by atoms with Crippen molar-refractivity contribution in [3.05, 3.63) is 173 Å². The standard InChI is InChI=1S/C68H116N2.2C8H9.Pd/c1-6-11-16-18-20-22-24-26-28-30-32-34-36-38-40-42-44-46-50-62-53-60(48-13-8-3)55-65(56-62)67-59-64(52-15-10-5)68(70(67)69)66-57-61(49-14-9-4)54-63(58-66)51-47-45-43-41-39-37-35-33-31-29-27-25-23-21-19-17-12-7-2;2*1-2-8-6-4-3-5-7-8;/h53-59H,6-52H2,1-5H3;2*3-7H,1-2H2;/q;2*-1;+2. The van der Waals surface area contributed by atoms with Crippen molar-refractivity contribution in [3.8, 4) is 0 Å². The maximum atomic E-state index is 12.3. The normalized spacial score (nSPS) is 12.0. The molecule has 0 spiro atoms. The largest absolute Gasteiger partial charge is 2.00 e. The quantitative estimate of drug-likeness (QED) is 0.0182. The molecule has 4 aromatic rings. The fourth-order valence-corrected chi connectivity index (χ4v) is 12.5. The molecule has 1 aliphatic rings. The molecule has 3 heteroatoms. The Morgan fingerprint density at radius 3 is 0.816 bits per heavy atom. The summed E-state index contributed by atoms with van der Waals surface area (Å²) in [4.78, 5) is 0. The number of allylic oxidation sites excluding steroid dienone is 2. The first-order chi connectivity index (χ1) is 42.4. The number of unbranched alkanes of at least 4 members (excludes halogenated alkanes) is 37. The molecule has 0 saturated carbocycles. The van der Waals surface area contributed by atoms with Gasteiger partial charge >= 0.3 is 20.4 Å². The van der Waals surface area contributed by atoms with Crippen LogP contribution in [0, 0.1) is 13.8 Å². The summed E-state index contributed by atoms with van der Waals surface area (Å²) in [7, 11) is 0. The first-order valence-electron chi connectivity index (χ1n) is 37.3. The molecule has 0 radical (unpaired) electrons. The van der Waals surface area contributed by atoms with Crippen molar-refractivity contribution in [2.75, 3.05) is 0 Å². The van der Waals surface area contributed by atoms with Crippen LogP contribution in [0.25, 0.3) is 16.9 Å². The third-order valence-electron chi connectivity index (χ3n) is 18.1. The molecule has 0 bridgehead atoms. The van der Waals surface area contributed by atoms with Crippen LogP contribution < -0.4 is 0 Å². The van der Waals surface area contributed by atoms with E-state index in [2.05, 4.69) is 115 Å². The Labute approximate surface area is 554 Å². The molecule has 0 atom stereocenters. The van der Waals surface area contributed by atoms with Crippen LogP contribution in [0.4, 0.5) is 0 Å². The van der Waals surface area contributed by atoms with Crippen LogP contribution in [-0.2, 0) is 58.9 Å². The smallest absolute Gasteiger partial charge is 0.493 e. The predicted molar refractivity (Wildman–Crippen MR) is 384 cm³/mol. The number of hydrogen-bond acceptors (Lipinski definition) is 0. The van der Waals surface area contributed by atoms with Crippen molar-refractivity contribution in [2.45, 2.75) is 349 Å². The second-order valence-electron chi connectivity index (χ2n) is 26.1. The van der Waals surface area contributed by atoms with Gasteiger partial charge in [0.1, 0.15) is 0 Å². The van der Waals surface area contributed by atoms with Crippen molar-refractivity contribution < 1.29 is 25.1 Å². The van der Waals surface area contributed by atoms with Gasteiger partial charge in [-0.1, -0.05) is 356 Å². The van der Waals surface area contributed by atoms with Gasteiger partial charge in [0.25, 0.3) is 0 Å². The average molecular weight is 1280 g/mol. The van der Waals surface area contributed by atoms with Crippen LogP contribution in [0.15, 0.2) is 109 Å². The fraction of sp³-hybridized carbons (Fsp3) is 0.643. The minimum absolute atomic E-state index is 0. The zero-order chi connectivity index (χ0) is 61.6. The molecule has 4 aromatic carbocycles. The molecule has 490 valence electrons. The van der Waals surface area contributed by atoms with E-state index in [4.69, 9.17) is 0 Å². The van der Waals surface area contributed by atoms with Crippen molar-refractivity contribution >= 4 is 11.4 Å². The van der Waals surface area contributed by atoms with E-state index >= 15 is 0 Å². The van der Waals surface area contributed by atoms with Crippen LogP contribution in [0.5, 0.6) is 0 Å². The van der Waals surface area contributed by atoms with Gasteiger partial charge in [-0.3, -0.25) is 0 Å². The molecule has 0 unspecified atom stereocenters. The van der Waals surface area contributed by atoms with Crippen LogP contribution >= 0.6 is 0 Å². The summed E-state index contributed by atoms with van der Waals surface area (Å²) in [5.74, 6) is 0. The van der Waals surface area contributed by atoms with E-state index in [1.165, 1.54) is 307 Å². The van der Waals surface area contributed by atoms with E-state index < -0.39 is 0 Å². The minimum atomic E-state index is 0. The van der Waals surface area contributed by atoms with Crippen molar-refractivity contribution in [1.29, 1.82) is 0 Å². The minimum Gasteiger partial charge on any atom is -0.493 e. The summed E-state index contributed by atoms with van der Waals surface area (Å²) in [5.41, 5.74) is 26.4. The van der Waals surface area contributed by atoms with Gasteiger partial charge in [-0.05, 0) is 111 Å². The van der Waals surface area contributed by atoms with Crippen LogP contribution in [0.3, 0.4) is 0 Å². The van der Waals surface area contributed by atoms with Crippen LogP contribution in [-0.4, -0.2) is 4.70 Å². The number of aryl methyl sites for hydroxylation is 4. The SMILES string of the molecule is CCCCCCCCCCCCCCCCCCCCc1cc(CCCC)cc(C2=CC(CCCC)=C(c3cc(CCCC)cc(CCCCCCCCCCCCCCCCCCCC)c3)[N+]2=[N-])c1.[CH2-]Cc1ccccc1.[CH2-]Cc1ccccc1.[Pd+2]. The second kappa shape index (κ2) is 56.6. The van der Waals surface area contributed by atoms with Gasteiger partial charge in [-0.2, -0.15) is 12.8 Å². The Balaban J connectivity index is 0.00000130. The van der Waals surface area contributed by atoms with E-state index in [1.54, 1.807) is 4.70 Å². The molecule has 1 aliphatic heterocycles. The molecule has 2 nitrogen and oxygen atoms in total. The molecular weight excluding hydrogens is 1140 g/mol. The molecule has 0 saturated heterocycles. The van der Waals surface area contributed by atoms with Crippen LogP contribution in [0.2, 0.25) is 0 Å². The summed E-state index contributed by atoms with van der Waals surface area (Å²) in [5, 5.41) is 0. The molecule has 0 aliphatic carbocycles. The van der Waals surface area contributed by atoms with Gasteiger partial charge in [-0.15, -0.1) is 0 Å². The summed E-state index contributed by atoms with van der Waals surface area (Å²) >= 11 is 0. The first-order valence-corrected chi connectivity index (χ1v) is 37.3. The molecule has 1 heterocycles. The summed E-state index contributed by atoms with van der Waals surface area (Å²) in [6.07, 6.45) is 67.7. The number of nitrogens with zero attached hydrogens (tertiary/aromatic N) is 2. The molecule has 0 amide bonds. The molecular formula is C84H134N2Pd. The molecule has 5 rings (SSSR count). The fourth-order valence-electron chi connectivity index (χ4n) is 12.5. The Hall–Kier alpha value is -3.38. The van der Waals surface area contributed by atoms with Crippen molar-refractivity contribution in [3.63, 3.8) is 0 Å². The number of rotatable bonds is 51. The van der Waals surface area contributed by atoms with Gasteiger partial charge in [-0.25, -0.2) is 4.70 Å². The van der Waals surface area contributed by atoms with Crippen molar-refractivity contribution in [2.24, 2.45) is 0 Å². The molecule has 0 aromatic heterocycles. The zero-order valence-corrected chi connectivity index (χ0v) is 59.1. The van der Waals surface area contributed by atoms with Gasteiger partial charge in [0.05, 0.1) is 0 Å². The zero-order valence-electron chi connectivity index (χ0n) is 57.6. The Bertz CT molecular complexity index is 2230. The van der Waals surface area contributed by atoms with Gasteiger partial charge in [0.2, 0.25) is 11.4 Å². The maximum absolute atomic E-state index is 12.3. The monoisotopic (exact) mass is 1280 g/mol. The number of hydrogen-bond donors (Lipinski definition) is 0. The van der Waals surface area contributed by atoms with Crippen molar-refractivity contribution in [1.82, 2.24) is 0 Å². The molecule has 87 heavy (non-hydrogen) atoms. The average Bonchev–Trinajstić information content (AvgIpc) is 2.55. The van der Waals surface area contributed by atoms with E-state index in [0.29, 0.717) is 0 Å². The number of benzene rings is 4. The Morgan fingerprint density at radius 2 is 0.540 bits per heavy atom. The Kier molecular flexibility index (Phi) is 51.9. The van der Waals surface area contributed by atoms with E-state index in [1.807, 2.05) is 36.4 Å². The van der Waals surface area contributed by atoms with Gasteiger partial charge < -0.3 is 19.4 Å². The summed E-state index contributed by atoms with van der Waals surface area (Å²) in [6.45, 7) is 19.0. The molecule has 0 N–H and O–H groups in total. The Morgan fingerprint density at radius 1 is 0.287 bits per heavy atom. The van der Waals surface area contributed by atoms with Crippen LogP contribution in [0.1, 0.15) is 355 Å². The third kappa shape index (κ3) is 39.5. The summed E-state index contributed by atoms with van der Waals surface area (Å²) in [6, 6.07) is 35.1. The first kappa shape index (κ1) is 79.7. The van der Waals surface area contributed by atoms with Gasteiger partial charge in [0.15, 0.2) is 0 Å². The van der Waals surface area contributed by atoms with E-state index in [0.717, 1.165) is 69.2 Å². The summed E-state index contributed by atoms with van der Waals surface area (Å²) < 4.78 is 1.60. The van der Waals surface area contributed by atoms with E-state index in [-0.39, 0.29) is 20.4 Å². The topological polar surface area (TPSA) is 25.3 Å². The predicted octanol–water partition coefficient (Wildman–Crippen LogP) is 27.7. The third-order valence-corrected chi connectivity index (χ3v) is 18.1. The maximum Gasteiger partial charge on any atom is 2.00 e. The second-order valence-corrected chi connectivity index (χ2v) is 26.1. The van der Waals surface area contributed by atoms with E-state index in [9.17, 15) is 5.53 Å². The van der Waals surface area contributed by atoms with Gasteiger partial charge in [0, 0.05) is 22.8 Å².